The minimum Gasteiger partial charge on any atom is -0.497 e. The average molecular weight is 478 g/mol. The molecule has 184 valence electrons. The van der Waals surface area contributed by atoms with Gasteiger partial charge in [-0.25, -0.2) is 4.79 Å². The molecule has 8 heteroatoms. The highest BCUT2D eigenvalue weighted by Crippen LogP contribution is 2.43. The van der Waals surface area contributed by atoms with Crippen molar-refractivity contribution in [3.8, 4) is 5.75 Å². The van der Waals surface area contributed by atoms with Crippen LogP contribution in [0.25, 0.3) is 10.9 Å². The van der Waals surface area contributed by atoms with Gasteiger partial charge in [-0.1, -0.05) is 37.1 Å². The van der Waals surface area contributed by atoms with Crippen molar-refractivity contribution in [1.29, 1.82) is 0 Å². The molecule has 3 aromatic rings. The number of methoxy groups -OCH3 is 1. The lowest BCUT2D eigenvalue weighted by molar-refractivity contribution is -0.137. The second-order valence-corrected chi connectivity index (χ2v) is 9.60. The highest BCUT2D eigenvalue weighted by Gasteiger charge is 2.45. The van der Waals surface area contributed by atoms with Crippen LogP contribution in [0.1, 0.15) is 36.8 Å². The molecule has 1 atom stereocenters. The Morgan fingerprint density at radius 2 is 1.94 bits per heavy atom. The zero-order valence-electron chi connectivity index (χ0n) is 20.0. The molecule has 2 fully saturated rings. The van der Waals surface area contributed by atoms with E-state index in [9.17, 15) is 14.7 Å². The van der Waals surface area contributed by atoms with E-state index in [4.69, 9.17) is 9.47 Å². The first-order valence-electron chi connectivity index (χ1n) is 12.2. The number of amides is 1. The minimum absolute atomic E-state index is 0.106. The molecule has 35 heavy (non-hydrogen) atoms. The van der Waals surface area contributed by atoms with Crippen molar-refractivity contribution in [1.82, 2.24) is 14.7 Å². The summed E-state index contributed by atoms with van der Waals surface area (Å²) in [4.78, 5) is 27.6. The van der Waals surface area contributed by atoms with Crippen LogP contribution in [0, 0.1) is 5.92 Å². The molecular formula is C27H31N3O5. The summed E-state index contributed by atoms with van der Waals surface area (Å²) in [6.45, 7) is 2.26. The quantitative estimate of drug-likeness (QED) is 0.595. The third kappa shape index (κ3) is 4.38. The van der Waals surface area contributed by atoms with Crippen LogP contribution in [0.5, 0.6) is 5.75 Å². The lowest BCUT2D eigenvalue weighted by Gasteiger charge is -2.35. The van der Waals surface area contributed by atoms with E-state index in [1.807, 2.05) is 41.3 Å². The van der Waals surface area contributed by atoms with Crippen LogP contribution in [-0.2, 0) is 21.4 Å². The fourth-order valence-corrected chi connectivity index (χ4v) is 5.76. The van der Waals surface area contributed by atoms with Crippen LogP contribution in [0.15, 0.2) is 48.7 Å². The minimum atomic E-state index is -1.10. The third-order valence-corrected chi connectivity index (χ3v) is 7.53. The van der Waals surface area contributed by atoms with Gasteiger partial charge in [0.1, 0.15) is 5.75 Å². The lowest BCUT2D eigenvalue weighted by atomic mass is 9.77. The summed E-state index contributed by atoms with van der Waals surface area (Å²) in [7, 11) is 1.65. The molecule has 1 amide bonds. The van der Waals surface area contributed by atoms with Gasteiger partial charge in [-0.2, -0.15) is 9.78 Å². The van der Waals surface area contributed by atoms with Crippen molar-refractivity contribution in [3.63, 3.8) is 0 Å². The summed E-state index contributed by atoms with van der Waals surface area (Å²) in [5.74, 6) is 1.08. The van der Waals surface area contributed by atoms with Gasteiger partial charge in [0, 0.05) is 24.4 Å². The Morgan fingerprint density at radius 1 is 1.17 bits per heavy atom. The Balaban J connectivity index is 1.39. The first-order valence-corrected chi connectivity index (χ1v) is 12.2. The number of hydrogen-bond donors (Lipinski definition) is 1. The Labute approximate surface area is 204 Å². The Bertz CT molecular complexity index is 1210. The molecule has 1 aromatic heterocycles. The average Bonchev–Trinajstić information content (AvgIpc) is 3.48. The number of ether oxygens (including phenoxy) is 2. The molecule has 1 aliphatic carbocycles. The fourth-order valence-electron chi connectivity index (χ4n) is 5.76. The maximum atomic E-state index is 14.1. The smallest absolute Gasteiger partial charge is 0.432 e. The van der Waals surface area contributed by atoms with E-state index < -0.39 is 11.5 Å². The predicted octanol–water partition coefficient (Wildman–Crippen LogP) is 4.10. The van der Waals surface area contributed by atoms with Crippen LogP contribution in [-0.4, -0.2) is 65.2 Å². The third-order valence-electron chi connectivity index (χ3n) is 7.53. The van der Waals surface area contributed by atoms with Crippen LogP contribution < -0.4 is 4.74 Å². The Morgan fingerprint density at radius 3 is 2.66 bits per heavy atom. The van der Waals surface area contributed by atoms with E-state index in [-0.39, 0.29) is 11.8 Å². The molecule has 2 aliphatic rings. The van der Waals surface area contributed by atoms with E-state index in [1.165, 1.54) is 0 Å². The first-order chi connectivity index (χ1) is 17.0. The number of aromatic nitrogens is 2. The summed E-state index contributed by atoms with van der Waals surface area (Å²) in [5.41, 5.74) is 2.16. The molecule has 1 saturated carbocycles. The Hall–Kier alpha value is -3.39. The first kappa shape index (κ1) is 23.4. The molecule has 2 aromatic carbocycles. The number of carbonyl (C=O) groups is 2. The van der Waals surface area contributed by atoms with Crippen molar-refractivity contribution >= 4 is 22.9 Å². The van der Waals surface area contributed by atoms with Crippen molar-refractivity contribution in [2.45, 2.75) is 37.5 Å². The number of rotatable bonds is 5. The summed E-state index contributed by atoms with van der Waals surface area (Å²) in [5, 5.41) is 14.2. The molecule has 1 aliphatic heterocycles. The molecule has 1 saturated heterocycles. The van der Waals surface area contributed by atoms with Gasteiger partial charge in [-0.3, -0.25) is 4.79 Å². The Kier molecular flexibility index (Phi) is 6.47. The molecule has 8 nitrogen and oxygen atoms in total. The van der Waals surface area contributed by atoms with Gasteiger partial charge in [0.25, 0.3) is 0 Å². The number of hydrogen-bond acceptors (Lipinski definition) is 5. The van der Waals surface area contributed by atoms with Crippen LogP contribution in [0.3, 0.4) is 0 Å². The molecule has 5 rings (SSSR count). The molecule has 1 unspecified atom stereocenters. The maximum Gasteiger partial charge on any atom is 0.432 e. The highest BCUT2D eigenvalue weighted by atomic mass is 16.5. The van der Waals surface area contributed by atoms with Crippen LogP contribution >= 0.6 is 0 Å². The summed E-state index contributed by atoms with van der Waals surface area (Å²) >= 11 is 0. The number of benzene rings is 2. The normalized spacial score (nSPS) is 20.0. The van der Waals surface area contributed by atoms with Crippen LogP contribution in [0.2, 0.25) is 0 Å². The maximum absolute atomic E-state index is 14.1. The standard InChI is InChI=1S/C27H31N3O5/c1-34-22-9-7-21(8-10-22)27(11-2-3-12-27)25(31)29-13-14-35-18-19(17-29)15-20-5-4-6-24-23(20)16-28-30(24)26(32)33/h4-10,16,19H,2-3,11-15,17-18H2,1H3,(H,32,33). The molecule has 1 N–H and O–H groups in total. The molecule has 2 heterocycles. The van der Waals surface area contributed by atoms with Crippen molar-refractivity contribution < 1.29 is 24.2 Å². The summed E-state index contributed by atoms with van der Waals surface area (Å²) in [6.07, 6.45) is 4.98. The molecular weight excluding hydrogens is 446 g/mol. The van der Waals surface area contributed by atoms with Gasteiger partial charge in [0.05, 0.1) is 37.5 Å². The molecule has 0 bridgehead atoms. The van der Waals surface area contributed by atoms with Gasteiger partial charge in [0.15, 0.2) is 0 Å². The summed E-state index contributed by atoms with van der Waals surface area (Å²) < 4.78 is 12.2. The number of fused-ring (bicyclic) bond motifs is 1. The molecule has 0 radical (unpaired) electrons. The van der Waals surface area contributed by atoms with Gasteiger partial charge < -0.3 is 19.5 Å². The monoisotopic (exact) mass is 477 g/mol. The van der Waals surface area contributed by atoms with Crippen molar-refractivity contribution in [2.24, 2.45) is 5.92 Å². The number of carbonyl (C=O) groups excluding carboxylic acids is 1. The highest BCUT2D eigenvalue weighted by molar-refractivity contribution is 5.90. The predicted molar refractivity (Wildman–Crippen MR) is 131 cm³/mol. The largest absolute Gasteiger partial charge is 0.497 e. The van der Waals surface area contributed by atoms with E-state index in [0.29, 0.717) is 38.2 Å². The second kappa shape index (κ2) is 9.70. The van der Waals surface area contributed by atoms with Gasteiger partial charge in [0.2, 0.25) is 5.91 Å². The van der Waals surface area contributed by atoms with E-state index in [2.05, 4.69) is 5.10 Å². The topological polar surface area (TPSA) is 93.9 Å². The van der Waals surface area contributed by atoms with Crippen molar-refractivity contribution in [3.05, 3.63) is 59.8 Å². The molecule has 0 spiro atoms. The van der Waals surface area contributed by atoms with Crippen LogP contribution in [0.4, 0.5) is 4.79 Å². The number of nitrogens with zero attached hydrogens (tertiary/aromatic N) is 3. The van der Waals surface area contributed by atoms with Gasteiger partial charge in [-0.15, -0.1) is 0 Å². The van der Waals surface area contributed by atoms with Gasteiger partial charge in [-0.05, 0) is 48.6 Å². The zero-order chi connectivity index (χ0) is 24.4. The SMILES string of the molecule is COc1ccc(C2(C(=O)N3CCOCC(Cc4cccc5c4cnn5C(=O)O)C3)CCCC2)cc1. The van der Waals surface area contributed by atoms with E-state index in [1.54, 1.807) is 19.4 Å². The second-order valence-electron chi connectivity index (χ2n) is 9.60. The van der Waals surface area contributed by atoms with E-state index in [0.717, 1.165) is 52.6 Å². The van der Waals surface area contributed by atoms with E-state index >= 15 is 0 Å². The van der Waals surface area contributed by atoms with Crippen molar-refractivity contribution in [2.75, 3.05) is 33.4 Å². The zero-order valence-corrected chi connectivity index (χ0v) is 20.0. The fraction of sp³-hybridized carbons (Fsp3) is 0.444. The van der Waals surface area contributed by atoms with Gasteiger partial charge >= 0.3 is 6.09 Å². The number of carboxylic acid groups (broad SMARTS) is 1. The lowest BCUT2D eigenvalue weighted by Crippen LogP contribution is -2.47. The summed E-state index contributed by atoms with van der Waals surface area (Å²) in [6, 6.07) is 13.6.